The Hall–Kier alpha value is -0.840. The van der Waals surface area contributed by atoms with E-state index < -0.39 is 0 Å². The Morgan fingerprint density at radius 2 is 1.94 bits per heavy atom. The molecule has 88 valence electrons. The van der Waals surface area contributed by atoms with Crippen molar-refractivity contribution in [2.45, 2.75) is 6.92 Å². The summed E-state index contributed by atoms with van der Waals surface area (Å²) >= 11 is 15.1. The fraction of sp³-hybridized carbons (Fsp3) is 0.0909. The predicted octanol–water partition coefficient (Wildman–Crippen LogP) is 4.60. The highest BCUT2D eigenvalue weighted by atomic mass is 79.9. The van der Waals surface area contributed by atoms with Crippen molar-refractivity contribution in [2.24, 2.45) is 0 Å². The lowest BCUT2D eigenvalue weighted by Crippen LogP contribution is -1.97. The lowest BCUT2D eigenvalue weighted by molar-refractivity contribution is 1.06. The molecule has 6 heteroatoms. The van der Waals surface area contributed by atoms with Crippen LogP contribution in [0.15, 0.2) is 28.7 Å². The minimum Gasteiger partial charge on any atom is -0.339 e. The molecule has 0 saturated carbocycles. The van der Waals surface area contributed by atoms with Crippen LogP contribution in [0.4, 0.5) is 11.5 Å². The van der Waals surface area contributed by atoms with Gasteiger partial charge in [0.1, 0.15) is 16.8 Å². The lowest BCUT2D eigenvalue weighted by Gasteiger charge is -2.08. The molecule has 0 bridgehead atoms. The first-order valence-electron chi connectivity index (χ1n) is 4.78. The number of benzene rings is 1. The van der Waals surface area contributed by atoms with Gasteiger partial charge in [0, 0.05) is 15.6 Å². The van der Waals surface area contributed by atoms with Crippen LogP contribution in [0, 0.1) is 6.92 Å². The van der Waals surface area contributed by atoms with Gasteiger partial charge >= 0.3 is 0 Å². The van der Waals surface area contributed by atoms with E-state index in [0.29, 0.717) is 21.8 Å². The second kappa shape index (κ2) is 5.21. The van der Waals surface area contributed by atoms with E-state index in [-0.39, 0.29) is 0 Å². The van der Waals surface area contributed by atoms with Gasteiger partial charge in [0.15, 0.2) is 0 Å². The van der Waals surface area contributed by atoms with Crippen LogP contribution in [0.25, 0.3) is 0 Å². The van der Waals surface area contributed by atoms with Gasteiger partial charge in [0.2, 0.25) is 0 Å². The van der Waals surface area contributed by atoms with Gasteiger partial charge in [0.25, 0.3) is 0 Å². The van der Waals surface area contributed by atoms with Crippen molar-refractivity contribution in [1.29, 1.82) is 0 Å². The summed E-state index contributed by atoms with van der Waals surface area (Å²) in [6.07, 6.45) is 0. The Kier molecular flexibility index (Phi) is 3.86. The van der Waals surface area contributed by atoms with Gasteiger partial charge in [-0.1, -0.05) is 23.2 Å². The van der Waals surface area contributed by atoms with Crippen molar-refractivity contribution in [2.75, 3.05) is 5.32 Å². The first kappa shape index (κ1) is 12.6. The highest BCUT2D eigenvalue weighted by Crippen LogP contribution is 2.28. The summed E-state index contributed by atoms with van der Waals surface area (Å²) in [5.41, 5.74) is 0.864. The van der Waals surface area contributed by atoms with E-state index in [4.69, 9.17) is 23.2 Å². The number of halogens is 3. The van der Waals surface area contributed by atoms with E-state index >= 15 is 0 Å². The first-order valence-corrected chi connectivity index (χ1v) is 6.33. The van der Waals surface area contributed by atoms with Crippen LogP contribution in [0.3, 0.4) is 0 Å². The lowest BCUT2D eigenvalue weighted by atomic mass is 10.3. The van der Waals surface area contributed by atoms with E-state index in [1.54, 1.807) is 25.1 Å². The molecule has 2 rings (SSSR count). The van der Waals surface area contributed by atoms with Crippen LogP contribution in [0.5, 0.6) is 0 Å². The van der Waals surface area contributed by atoms with Crippen molar-refractivity contribution in [3.05, 3.63) is 44.7 Å². The molecule has 2 aromatic rings. The van der Waals surface area contributed by atoms with Gasteiger partial charge in [-0.25, -0.2) is 9.97 Å². The van der Waals surface area contributed by atoms with Gasteiger partial charge in [-0.15, -0.1) is 0 Å². The molecule has 0 atom stereocenters. The quantitative estimate of drug-likeness (QED) is 0.817. The molecule has 0 aliphatic rings. The molecule has 0 fully saturated rings. The topological polar surface area (TPSA) is 37.8 Å². The van der Waals surface area contributed by atoms with Crippen LogP contribution in [0.1, 0.15) is 5.82 Å². The number of hydrogen-bond acceptors (Lipinski definition) is 3. The van der Waals surface area contributed by atoms with E-state index in [0.717, 1.165) is 10.2 Å². The van der Waals surface area contributed by atoms with Crippen molar-refractivity contribution in [1.82, 2.24) is 9.97 Å². The number of anilines is 2. The molecule has 0 amide bonds. The summed E-state index contributed by atoms with van der Waals surface area (Å²) in [6.45, 7) is 1.79. The van der Waals surface area contributed by atoms with Crippen LogP contribution < -0.4 is 5.32 Å². The maximum atomic E-state index is 5.87. The second-order valence-electron chi connectivity index (χ2n) is 3.37. The number of nitrogens with one attached hydrogen (secondary N) is 1. The molecule has 1 aromatic carbocycles. The Balaban J connectivity index is 2.31. The molecule has 0 aliphatic heterocycles. The molecule has 0 saturated heterocycles. The smallest absolute Gasteiger partial charge is 0.135 e. The fourth-order valence-electron chi connectivity index (χ4n) is 1.32. The minimum atomic E-state index is 0.407. The monoisotopic (exact) mass is 331 g/mol. The summed E-state index contributed by atoms with van der Waals surface area (Å²) in [4.78, 5) is 8.23. The predicted molar refractivity (Wildman–Crippen MR) is 74.2 cm³/mol. The summed E-state index contributed by atoms with van der Waals surface area (Å²) in [7, 11) is 0. The number of aryl methyl sites for hydroxylation is 1. The third kappa shape index (κ3) is 3.31. The van der Waals surface area contributed by atoms with E-state index in [1.165, 1.54) is 0 Å². The number of rotatable bonds is 2. The van der Waals surface area contributed by atoms with Gasteiger partial charge in [-0.05, 0) is 41.1 Å². The molecule has 0 aliphatic carbocycles. The molecule has 1 heterocycles. The van der Waals surface area contributed by atoms with E-state index in [2.05, 4.69) is 31.2 Å². The molecule has 17 heavy (non-hydrogen) atoms. The van der Waals surface area contributed by atoms with Gasteiger partial charge in [-0.3, -0.25) is 0 Å². The van der Waals surface area contributed by atoms with Crippen molar-refractivity contribution < 1.29 is 0 Å². The van der Waals surface area contributed by atoms with Crippen LogP contribution in [-0.2, 0) is 0 Å². The third-order valence-electron chi connectivity index (χ3n) is 2.00. The van der Waals surface area contributed by atoms with Crippen LogP contribution in [-0.4, -0.2) is 9.97 Å². The molecule has 1 aromatic heterocycles. The van der Waals surface area contributed by atoms with Gasteiger partial charge < -0.3 is 5.32 Å². The average molecular weight is 333 g/mol. The van der Waals surface area contributed by atoms with Crippen molar-refractivity contribution >= 4 is 50.6 Å². The van der Waals surface area contributed by atoms with Gasteiger partial charge in [-0.2, -0.15) is 0 Å². The fourth-order valence-corrected chi connectivity index (χ4v) is 2.33. The number of aromatic nitrogens is 2. The second-order valence-corrected chi connectivity index (χ2v) is 5.05. The Labute approximate surface area is 117 Å². The largest absolute Gasteiger partial charge is 0.339 e. The van der Waals surface area contributed by atoms with Crippen molar-refractivity contribution in [3.63, 3.8) is 0 Å². The zero-order chi connectivity index (χ0) is 12.4. The molecule has 0 radical (unpaired) electrons. The van der Waals surface area contributed by atoms with Crippen LogP contribution >= 0.6 is 39.1 Å². The molecule has 0 spiro atoms. The van der Waals surface area contributed by atoms with Crippen molar-refractivity contribution in [3.8, 4) is 0 Å². The van der Waals surface area contributed by atoms with E-state index in [1.807, 2.05) is 6.07 Å². The Morgan fingerprint density at radius 3 is 2.59 bits per heavy atom. The summed E-state index contributed by atoms with van der Waals surface area (Å²) in [6, 6.07) is 7.12. The molecular formula is C11H8BrCl2N3. The molecule has 1 N–H and O–H groups in total. The maximum Gasteiger partial charge on any atom is 0.135 e. The maximum absolute atomic E-state index is 5.87. The molecule has 3 nitrogen and oxygen atoms in total. The summed E-state index contributed by atoms with van der Waals surface area (Å²) < 4.78 is 0.859. The minimum absolute atomic E-state index is 0.407. The van der Waals surface area contributed by atoms with E-state index in [9.17, 15) is 0 Å². The summed E-state index contributed by atoms with van der Waals surface area (Å²) in [5, 5.41) is 4.21. The third-order valence-corrected chi connectivity index (χ3v) is 3.09. The zero-order valence-corrected chi connectivity index (χ0v) is 11.9. The normalized spacial score (nSPS) is 10.4. The summed E-state index contributed by atoms with van der Waals surface area (Å²) in [5.74, 6) is 1.26. The molecule has 0 unspecified atom stereocenters. The zero-order valence-electron chi connectivity index (χ0n) is 8.84. The highest BCUT2D eigenvalue weighted by molar-refractivity contribution is 9.10. The SMILES string of the molecule is Cc1nc(Cl)cc(Nc2ccc(Cl)cc2Br)n1. The standard InChI is InChI=1S/C11H8BrCl2N3/c1-6-15-10(14)5-11(16-6)17-9-3-2-7(13)4-8(9)12/h2-5H,1H3,(H,15,16,17). The average Bonchev–Trinajstić information content (AvgIpc) is 2.21. The first-order chi connectivity index (χ1) is 8.04. The number of hydrogen-bond donors (Lipinski definition) is 1. The van der Waals surface area contributed by atoms with Gasteiger partial charge in [0.05, 0.1) is 5.69 Å². The highest BCUT2D eigenvalue weighted by Gasteiger charge is 2.04. The number of nitrogens with zero attached hydrogens (tertiary/aromatic N) is 2. The molecular weight excluding hydrogens is 325 g/mol. The Morgan fingerprint density at radius 1 is 1.18 bits per heavy atom. The Bertz CT molecular complexity index is 540. The van der Waals surface area contributed by atoms with Crippen LogP contribution in [0.2, 0.25) is 10.2 Å².